The summed E-state index contributed by atoms with van der Waals surface area (Å²) >= 11 is 0. The SMILES string of the molecule is CCNC(=NCc1ccc(F)c(CN(C)C)c1)NC(C)CCCN(CC)CC.I. The molecule has 29 heavy (non-hydrogen) atoms. The normalized spacial score (nSPS) is 12.8. The number of hydrogen-bond donors (Lipinski definition) is 2. The largest absolute Gasteiger partial charge is 0.357 e. The Hall–Kier alpha value is -0.930. The van der Waals surface area contributed by atoms with Crippen LogP contribution in [-0.2, 0) is 13.1 Å². The molecular weight excluding hydrogens is 480 g/mol. The summed E-state index contributed by atoms with van der Waals surface area (Å²) in [6, 6.07) is 5.62. The summed E-state index contributed by atoms with van der Waals surface area (Å²) in [6.45, 7) is 14.0. The smallest absolute Gasteiger partial charge is 0.191 e. The second kappa shape index (κ2) is 15.8. The number of benzene rings is 1. The monoisotopic (exact) mass is 521 g/mol. The lowest BCUT2D eigenvalue weighted by Gasteiger charge is -2.21. The van der Waals surface area contributed by atoms with E-state index < -0.39 is 0 Å². The molecule has 2 N–H and O–H groups in total. The predicted molar refractivity (Wildman–Crippen MR) is 134 cm³/mol. The van der Waals surface area contributed by atoms with Crippen LogP contribution < -0.4 is 10.6 Å². The van der Waals surface area contributed by atoms with Gasteiger partial charge in [0.25, 0.3) is 0 Å². The Balaban J connectivity index is 0.00000784. The Bertz CT molecular complexity index is 591. The molecule has 0 saturated heterocycles. The lowest BCUT2D eigenvalue weighted by Crippen LogP contribution is -2.42. The van der Waals surface area contributed by atoms with Crippen molar-refractivity contribution in [2.75, 3.05) is 40.3 Å². The lowest BCUT2D eigenvalue weighted by atomic mass is 10.1. The van der Waals surface area contributed by atoms with E-state index in [2.05, 4.69) is 43.2 Å². The molecular formula is C22H41FIN5. The topological polar surface area (TPSA) is 42.9 Å². The van der Waals surface area contributed by atoms with Crippen LogP contribution >= 0.6 is 24.0 Å². The average Bonchev–Trinajstić information content (AvgIpc) is 2.65. The number of guanidine groups is 1. The summed E-state index contributed by atoms with van der Waals surface area (Å²) in [5, 5.41) is 6.80. The van der Waals surface area contributed by atoms with Gasteiger partial charge in [-0.1, -0.05) is 19.9 Å². The van der Waals surface area contributed by atoms with Gasteiger partial charge in [0.05, 0.1) is 6.54 Å². The third-order valence-electron chi connectivity index (χ3n) is 4.75. The number of halogens is 2. The minimum Gasteiger partial charge on any atom is -0.357 e. The van der Waals surface area contributed by atoms with Gasteiger partial charge in [-0.25, -0.2) is 9.38 Å². The zero-order chi connectivity index (χ0) is 20.9. The van der Waals surface area contributed by atoms with Gasteiger partial charge in [-0.3, -0.25) is 0 Å². The Kier molecular flexibility index (Phi) is 15.3. The zero-order valence-corrected chi connectivity index (χ0v) is 21.4. The van der Waals surface area contributed by atoms with Crippen molar-refractivity contribution in [1.29, 1.82) is 0 Å². The standard InChI is InChI=1S/C22H40FN5.HI/c1-7-24-22(26-18(4)11-10-14-28(8-2)9-3)25-16-19-12-13-21(23)20(15-19)17-27(5)6;/h12-13,15,18H,7-11,14,16-17H2,1-6H3,(H2,24,25,26);1H. The van der Waals surface area contributed by atoms with Crippen molar-refractivity contribution in [3.05, 3.63) is 35.1 Å². The van der Waals surface area contributed by atoms with E-state index in [1.807, 2.05) is 31.1 Å². The van der Waals surface area contributed by atoms with Gasteiger partial charge < -0.3 is 20.4 Å². The van der Waals surface area contributed by atoms with Crippen LogP contribution in [0.4, 0.5) is 4.39 Å². The van der Waals surface area contributed by atoms with Gasteiger partial charge in [0.1, 0.15) is 5.82 Å². The molecule has 0 aromatic heterocycles. The van der Waals surface area contributed by atoms with Crippen LogP contribution in [0.25, 0.3) is 0 Å². The molecule has 5 nitrogen and oxygen atoms in total. The first-order valence-electron chi connectivity index (χ1n) is 10.6. The molecule has 1 aromatic carbocycles. The first-order chi connectivity index (χ1) is 13.4. The molecule has 0 aliphatic rings. The number of hydrogen-bond acceptors (Lipinski definition) is 3. The molecule has 0 amide bonds. The second-order valence-corrected chi connectivity index (χ2v) is 7.57. The molecule has 0 fully saturated rings. The first kappa shape index (κ1) is 28.1. The summed E-state index contributed by atoms with van der Waals surface area (Å²) in [5.74, 6) is 0.657. The molecule has 0 radical (unpaired) electrons. The maximum Gasteiger partial charge on any atom is 0.191 e. The maximum atomic E-state index is 14.0. The third kappa shape index (κ3) is 11.7. The molecule has 1 rings (SSSR count). The second-order valence-electron chi connectivity index (χ2n) is 7.57. The van der Waals surface area contributed by atoms with Crippen LogP contribution in [0.5, 0.6) is 0 Å². The van der Waals surface area contributed by atoms with Crippen molar-refractivity contribution >= 4 is 29.9 Å². The van der Waals surface area contributed by atoms with Crippen molar-refractivity contribution in [3.8, 4) is 0 Å². The molecule has 0 aliphatic carbocycles. The lowest BCUT2D eigenvalue weighted by molar-refractivity contribution is 0.292. The Labute approximate surface area is 194 Å². The van der Waals surface area contributed by atoms with Crippen LogP contribution in [0.3, 0.4) is 0 Å². The molecule has 1 atom stereocenters. The highest BCUT2D eigenvalue weighted by atomic mass is 127. The predicted octanol–water partition coefficient (Wildman–Crippen LogP) is 4.07. The molecule has 0 spiro atoms. The van der Waals surface area contributed by atoms with Crippen molar-refractivity contribution in [2.45, 2.75) is 59.7 Å². The number of nitrogens with one attached hydrogen (secondary N) is 2. The highest BCUT2D eigenvalue weighted by Gasteiger charge is 2.08. The molecule has 0 aliphatic heterocycles. The van der Waals surface area contributed by atoms with Gasteiger partial charge in [-0.2, -0.15) is 0 Å². The van der Waals surface area contributed by atoms with Crippen molar-refractivity contribution in [1.82, 2.24) is 20.4 Å². The summed E-state index contributed by atoms with van der Waals surface area (Å²) < 4.78 is 14.0. The fourth-order valence-electron chi connectivity index (χ4n) is 3.15. The fraction of sp³-hybridized carbons (Fsp3) is 0.682. The molecule has 0 bridgehead atoms. The van der Waals surface area contributed by atoms with E-state index in [-0.39, 0.29) is 29.8 Å². The van der Waals surface area contributed by atoms with Gasteiger partial charge in [0, 0.05) is 24.7 Å². The highest BCUT2D eigenvalue weighted by molar-refractivity contribution is 14.0. The van der Waals surface area contributed by atoms with E-state index in [0.29, 0.717) is 24.7 Å². The number of nitrogens with zero attached hydrogens (tertiary/aromatic N) is 3. The number of aliphatic imine (C=N–C) groups is 1. The van der Waals surface area contributed by atoms with Gasteiger partial charge >= 0.3 is 0 Å². The maximum absolute atomic E-state index is 14.0. The Morgan fingerprint density at radius 1 is 1.17 bits per heavy atom. The van der Waals surface area contributed by atoms with E-state index in [1.54, 1.807) is 6.07 Å². The van der Waals surface area contributed by atoms with Gasteiger partial charge in [-0.05, 0) is 78.1 Å². The summed E-state index contributed by atoms with van der Waals surface area (Å²) in [4.78, 5) is 9.12. The minimum atomic E-state index is -0.159. The first-order valence-corrected chi connectivity index (χ1v) is 10.6. The van der Waals surface area contributed by atoms with E-state index in [0.717, 1.165) is 44.1 Å². The summed E-state index contributed by atoms with van der Waals surface area (Å²) in [7, 11) is 3.89. The van der Waals surface area contributed by atoms with Crippen molar-refractivity contribution in [3.63, 3.8) is 0 Å². The van der Waals surface area contributed by atoms with Crippen LogP contribution in [0.15, 0.2) is 23.2 Å². The molecule has 1 aromatic rings. The third-order valence-corrected chi connectivity index (χ3v) is 4.75. The molecule has 7 heteroatoms. The van der Waals surface area contributed by atoms with Crippen LogP contribution in [0, 0.1) is 5.82 Å². The quantitative estimate of drug-likeness (QED) is 0.247. The molecule has 0 heterocycles. The van der Waals surface area contributed by atoms with Crippen LogP contribution in [0.1, 0.15) is 51.7 Å². The van der Waals surface area contributed by atoms with E-state index >= 15 is 0 Å². The van der Waals surface area contributed by atoms with E-state index in [9.17, 15) is 4.39 Å². The van der Waals surface area contributed by atoms with Crippen molar-refractivity contribution in [2.24, 2.45) is 4.99 Å². The molecule has 0 saturated carbocycles. The zero-order valence-electron chi connectivity index (χ0n) is 19.1. The molecule has 168 valence electrons. The highest BCUT2D eigenvalue weighted by Crippen LogP contribution is 2.13. The fourth-order valence-corrected chi connectivity index (χ4v) is 3.15. The van der Waals surface area contributed by atoms with Crippen LogP contribution in [-0.4, -0.2) is 62.1 Å². The summed E-state index contributed by atoms with van der Waals surface area (Å²) in [6.07, 6.45) is 2.27. The Morgan fingerprint density at radius 2 is 1.86 bits per heavy atom. The van der Waals surface area contributed by atoms with Gasteiger partial charge in [0.2, 0.25) is 0 Å². The average molecular weight is 522 g/mol. The Morgan fingerprint density at radius 3 is 2.45 bits per heavy atom. The van der Waals surface area contributed by atoms with Gasteiger partial charge in [0.15, 0.2) is 5.96 Å². The van der Waals surface area contributed by atoms with E-state index in [4.69, 9.17) is 4.99 Å². The molecule has 1 unspecified atom stereocenters. The minimum absolute atomic E-state index is 0. The number of rotatable bonds is 12. The summed E-state index contributed by atoms with van der Waals surface area (Å²) in [5.41, 5.74) is 1.73. The van der Waals surface area contributed by atoms with E-state index in [1.165, 1.54) is 6.42 Å². The van der Waals surface area contributed by atoms with Crippen molar-refractivity contribution < 1.29 is 4.39 Å². The van der Waals surface area contributed by atoms with Gasteiger partial charge in [-0.15, -0.1) is 24.0 Å². The van der Waals surface area contributed by atoms with Crippen LogP contribution in [0.2, 0.25) is 0 Å².